The highest BCUT2D eigenvalue weighted by Crippen LogP contribution is 2.21. The molecule has 0 saturated carbocycles. The van der Waals surface area contributed by atoms with Crippen molar-refractivity contribution >= 4 is 0 Å². The van der Waals surface area contributed by atoms with Gasteiger partial charge in [0.2, 0.25) is 0 Å². The highest BCUT2D eigenvalue weighted by atomic mass is 15.3. The van der Waals surface area contributed by atoms with Gasteiger partial charge >= 0.3 is 0 Å². The zero-order chi connectivity index (χ0) is 10.7. The van der Waals surface area contributed by atoms with Gasteiger partial charge < -0.3 is 0 Å². The van der Waals surface area contributed by atoms with Gasteiger partial charge in [-0.1, -0.05) is 12.8 Å². The van der Waals surface area contributed by atoms with E-state index in [1.54, 1.807) is 0 Å². The van der Waals surface area contributed by atoms with E-state index in [1.807, 2.05) is 0 Å². The molecule has 15 heavy (non-hydrogen) atoms. The van der Waals surface area contributed by atoms with E-state index in [4.69, 9.17) is 0 Å². The number of hydrogen-bond donors (Lipinski definition) is 0. The van der Waals surface area contributed by atoms with Crippen molar-refractivity contribution in [3.63, 3.8) is 0 Å². The van der Waals surface area contributed by atoms with E-state index in [0.29, 0.717) is 0 Å². The predicted molar refractivity (Wildman–Crippen MR) is 65.2 cm³/mol. The average molecular weight is 210 g/mol. The predicted octanol–water partition coefficient (Wildman–Crippen LogP) is 2.35. The van der Waals surface area contributed by atoms with Crippen LogP contribution in [0.15, 0.2) is 0 Å². The van der Waals surface area contributed by atoms with Crippen molar-refractivity contribution in [3.8, 4) is 0 Å². The van der Waals surface area contributed by atoms with Crippen LogP contribution < -0.4 is 0 Å². The van der Waals surface area contributed by atoms with Crippen molar-refractivity contribution in [2.24, 2.45) is 0 Å². The summed E-state index contributed by atoms with van der Waals surface area (Å²) in [6.45, 7) is 10.00. The number of nitrogens with zero attached hydrogens (tertiary/aromatic N) is 2. The topological polar surface area (TPSA) is 6.48 Å². The maximum absolute atomic E-state index is 2.76. The zero-order valence-corrected chi connectivity index (χ0v) is 10.4. The number of likely N-dealkylation sites (tertiary alicyclic amines) is 2. The van der Waals surface area contributed by atoms with Gasteiger partial charge in [0.1, 0.15) is 0 Å². The molecule has 2 nitrogen and oxygen atoms in total. The Morgan fingerprint density at radius 3 is 2.13 bits per heavy atom. The monoisotopic (exact) mass is 210 g/mol. The quantitative estimate of drug-likeness (QED) is 0.690. The molecule has 0 aromatic rings. The van der Waals surface area contributed by atoms with E-state index in [1.165, 1.54) is 58.3 Å². The minimum absolute atomic E-state index is 0.738. The van der Waals surface area contributed by atoms with Crippen LogP contribution in [0.4, 0.5) is 0 Å². The largest absolute Gasteiger partial charge is 0.299 e. The molecule has 2 fully saturated rings. The van der Waals surface area contributed by atoms with Gasteiger partial charge in [0.15, 0.2) is 0 Å². The Morgan fingerprint density at radius 2 is 1.60 bits per heavy atom. The summed E-state index contributed by atoms with van der Waals surface area (Å²) in [5.41, 5.74) is 0. The molecule has 2 rings (SSSR count). The second-order valence-corrected chi connectivity index (χ2v) is 5.48. The van der Waals surface area contributed by atoms with Gasteiger partial charge in [0.25, 0.3) is 0 Å². The molecule has 0 aliphatic carbocycles. The SMILES string of the molecule is CC(C)N1CCC(N2CCCCCC2)C1. The smallest absolute Gasteiger partial charge is 0.0235 e. The Kier molecular flexibility index (Phi) is 4.04. The molecule has 0 radical (unpaired) electrons. The second kappa shape index (κ2) is 5.31. The molecule has 1 atom stereocenters. The van der Waals surface area contributed by atoms with Gasteiger partial charge in [-0.05, 0) is 46.2 Å². The lowest BCUT2D eigenvalue weighted by molar-refractivity contribution is 0.188. The summed E-state index contributed by atoms with van der Waals surface area (Å²) in [6, 6.07) is 1.60. The van der Waals surface area contributed by atoms with Crippen molar-refractivity contribution in [1.82, 2.24) is 9.80 Å². The van der Waals surface area contributed by atoms with Crippen LogP contribution in [0.2, 0.25) is 0 Å². The minimum Gasteiger partial charge on any atom is -0.299 e. The normalized spacial score (nSPS) is 31.0. The molecule has 1 unspecified atom stereocenters. The molecule has 2 saturated heterocycles. The molecule has 0 amide bonds. The van der Waals surface area contributed by atoms with E-state index >= 15 is 0 Å². The third-order valence-corrected chi connectivity index (χ3v) is 4.08. The van der Waals surface area contributed by atoms with Crippen LogP contribution in [0, 0.1) is 0 Å². The van der Waals surface area contributed by atoms with Crippen LogP contribution in [0.1, 0.15) is 46.0 Å². The fourth-order valence-corrected chi connectivity index (χ4v) is 3.00. The molecular formula is C13H26N2. The number of rotatable bonds is 2. The maximum atomic E-state index is 2.76. The Bertz CT molecular complexity index is 183. The standard InChI is InChI=1S/C13H26N2/c1-12(2)15-10-7-13(11-15)14-8-5-3-4-6-9-14/h12-13H,3-11H2,1-2H3. The lowest BCUT2D eigenvalue weighted by atomic mass is 10.2. The first-order valence-electron chi connectivity index (χ1n) is 6.75. The Labute approximate surface area is 94.6 Å². The fraction of sp³-hybridized carbons (Fsp3) is 1.00. The van der Waals surface area contributed by atoms with Crippen LogP contribution in [-0.2, 0) is 0 Å². The van der Waals surface area contributed by atoms with Gasteiger partial charge in [-0.2, -0.15) is 0 Å². The molecular weight excluding hydrogens is 184 g/mol. The van der Waals surface area contributed by atoms with E-state index in [9.17, 15) is 0 Å². The molecule has 0 N–H and O–H groups in total. The highest BCUT2D eigenvalue weighted by Gasteiger charge is 2.28. The van der Waals surface area contributed by atoms with E-state index in [0.717, 1.165) is 12.1 Å². The Balaban J connectivity index is 1.83. The fourth-order valence-electron chi connectivity index (χ4n) is 3.00. The third kappa shape index (κ3) is 2.94. The summed E-state index contributed by atoms with van der Waals surface area (Å²) in [6.07, 6.45) is 7.17. The Hall–Kier alpha value is -0.0800. The van der Waals surface area contributed by atoms with Gasteiger partial charge in [0, 0.05) is 25.2 Å². The van der Waals surface area contributed by atoms with Gasteiger partial charge in [0.05, 0.1) is 0 Å². The first kappa shape index (κ1) is 11.4. The summed E-state index contributed by atoms with van der Waals surface area (Å²) in [5, 5.41) is 0. The highest BCUT2D eigenvalue weighted by molar-refractivity contribution is 4.85. The molecule has 2 aliphatic heterocycles. The van der Waals surface area contributed by atoms with Crippen LogP contribution in [-0.4, -0.2) is 48.1 Å². The number of hydrogen-bond acceptors (Lipinski definition) is 2. The van der Waals surface area contributed by atoms with Gasteiger partial charge in [-0.15, -0.1) is 0 Å². The first-order valence-corrected chi connectivity index (χ1v) is 6.75. The van der Waals surface area contributed by atoms with Crippen molar-refractivity contribution in [1.29, 1.82) is 0 Å². The molecule has 0 bridgehead atoms. The maximum Gasteiger partial charge on any atom is 0.0235 e. The van der Waals surface area contributed by atoms with Crippen molar-refractivity contribution < 1.29 is 0 Å². The molecule has 0 aromatic heterocycles. The summed E-state index contributed by atoms with van der Waals surface area (Å²) in [4.78, 5) is 5.39. The van der Waals surface area contributed by atoms with Gasteiger partial charge in [-0.25, -0.2) is 0 Å². The van der Waals surface area contributed by atoms with Gasteiger partial charge in [-0.3, -0.25) is 9.80 Å². The molecule has 0 aromatic carbocycles. The molecule has 2 aliphatic rings. The molecule has 0 spiro atoms. The van der Waals surface area contributed by atoms with Crippen molar-refractivity contribution in [2.75, 3.05) is 26.2 Å². The molecule has 2 heteroatoms. The first-order chi connectivity index (χ1) is 7.27. The zero-order valence-electron chi connectivity index (χ0n) is 10.4. The van der Waals surface area contributed by atoms with Crippen molar-refractivity contribution in [3.05, 3.63) is 0 Å². The van der Waals surface area contributed by atoms with Crippen LogP contribution >= 0.6 is 0 Å². The van der Waals surface area contributed by atoms with Crippen LogP contribution in [0.5, 0.6) is 0 Å². The van der Waals surface area contributed by atoms with Crippen molar-refractivity contribution in [2.45, 2.75) is 58.0 Å². The lowest BCUT2D eigenvalue weighted by Gasteiger charge is -2.28. The summed E-state index contributed by atoms with van der Waals surface area (Å²) >= 11 is 0. The third-order valence-electron chi connectivity index (χ3n) is 4.08. The summed E-state index contributed by atoms with van der Waals surface area (Å²) in [7, 11) is 0. The van der Waals surface area contributed by atoms with E-state index in [-0.39, 0.29) is 0 Å². The average Bonchev–Trinajstić information content (AvgIpc) is 2.55. The summed E-state index contributed by atoms with van der Waals surface area (Å²) < 4.78 is 0. The minimum atomic E-state index is 0.738. The van der Waals surface area contributed by atoms with Crippen LogP contribution in [0.25, 0.3) is 0 Å². The molecule has 2 heterocycles. The van der Waals surface area contributed by atoms with Crippen LogP contribution in [0.3, 0.4) is 0 Å². The lowest BCUT2D eigenvalue weighted by Crippen LogP contribution is -2.39. The summed E-state index contributed by atoms with van der Waals surface area (Å²) in [5.74, 6) is 0. The van der Waals surface area contributed by atoms with E-state index in [2.05, 4.69) is 23.6 Å². The molecule has 88 valence electrons. The van der Waals surface area contributed by atoms with E-state index < -0.39 is 0 Å². The Morgan fingerprint density at radius 1 is 0.933 bits per heavy atom. The second-order valence-electron chi connectivity index (χ2n) is 5.48.